The van der Waals surface area contributed by atoms with Crippen LogP contribution in [0.1, 0.15) is 16.8 Å². The molecule has 0 spiro atoms. The molecule has 2 aromatic rings. The fraction of sp³-hybridized carbons (Fsp3) is 0.154. The number of hydrogen-bond donors (Lipinski definition) is 0. The molecule has 0 fully saturated rings. The van der Waals surface area contributed by atoms with Gasteiger partial charge in [0, 0.05) is 25.2 Å². The Labute approximate surface area is 88.4 Å². The van der Waals surface area contributed by atoms with Gasteiger partial charge in [-0.25, -0.2) is 0 Å². The van der Waals surface area contributed by atoms with Gasteiger partial charge in [0.1, 0.15) is 11.8 Å². The maximum Gasteiger partial charge on any atom is 0.128 e. The van der Waals surface area contributed by atoms with Gasteiger partial charge in [-0.1, -0.05) is 24.3 Å². The monoisotopic (exact) mass is 194 g/mol. The largest absolute Gasteiger partial charge is 0.342 e. The molecule has 2 nitrogen and oxygen atoms in total. The molecule has 0 atom stereocenters. The van der Waals surface area contributed by atoms with E-state index in [4.69, 9.17) is 5.26 Å². The highest BCUT2D eigenvalue weighted by Crippen LogP contribution is 2.39. The van der Waals surface area contributed by atoms with Crippen molar-refractivity contribution in [1.82, 2.24) is 4.57 Å². The van der Waals surface area contributed by atoms with E-state index in [1.54, 1.807) is 0 Å². The molecule has 0 saturated heterocycles. The number of nitrogens with zero attached hydrogens (tertiary/aromatic N) is 2. The highest BCUT2D eigenvalue weighted by Gasteiger charge is 2.23. The Morgan fingerprint density at radius 3 is 2.87 bits per heavy atom. The SMILES string of the molecule is Cn1cc2c(c1C#N)-c1ccccc1C2. The molecular weight excluding hydrogens is 184 g/mol. The van der Waals surface area contributed by atoms with Gasteiger partial charge >= 0.3 is 0 Å². The number of hydrogen-bond acceptors (Lipinski definition) is 1. The van der Waals surface area contributed by atoms with Crippen LogP contribution in [0.2, 0.25) is 0 Å². The van der Waals surface area contributed by atoms with E-state index < -0.39 is 0 Å². The van der Waals surface area contributed by atoms with E-state index in [9.17, 15) is 0 Å². The predicted molar refractivity (Wildman–Crippen MR) is 58.4 cm³/mol. The third kappa shape index (κ3) is 0.977. The van der Waals surface area contributed by atoms with Crippen LogP contribution in [0.25, 0.3) is 11.1 Å². The van der Waals surface area contributed by atoms with E-state index in [2.05, 4.69) is 30.5 Å². The van der Waals surface area contributed by atoms with Crippen molar-refractivity contribution >= 4 is 0 Å². The Balaban J connectivity index is 2.36. The van der Waals surface area contributed by atoms with E-state index in [0.29, 0.717) is 0 Å². The summed E-state index contributed by atoms with van der Waals surface area (Å²) in [6, 6.07) is 10.6. The minimum Gasteiger partial charge on any atom is -0.342 e. The highest BCUT2D eigenvalue weighted by molar-refractivity contribution is 5.80. The predicted octanol–water partition coefficient (Wildman–Crippen LogP) is 2.47. The average Bonchev–Trinajstić information content (AvgIpc) is 2.72. The van der Waals surface area contributed by atoms with E-state index in [1.807, 2.05) is 17.7 Å². The fourth-order valence-electron chi connectivity index (χ4n) is 2.38. The van der Waals surface area contributed by atoms with Crippen molar-refractivity contribution in [3.05, 3.63) is 47.3 Å². The highest BCUT2D eigenvalue weighted by atomic mass is 14.9. The molecule has 1 aromatic carbocycles. The molecule has 1 aromatic heterocycles. The maximum absolute atomic E-state index is 9.13. The second-order valence-electron chi connectivity index (χ2n) is 3.93. The van der Waals surface area contributed by atoms with Gasteiger partial charge in [0.05, 0.1) is 0 Å². The van der Waals surface area contributed by atoms with Gasteiger partial charge in [0.2, 0.25) is 0 Å². The number of aromatic nitrogens is 1. The minimum absolute atomic E-state index is 0.773. The summed E-state index contributed by atoms with van der Waals surface area (Å²) < 4.78 is 1.92. The molecule has 0 radical (unpaired) electrons. The number of aryl methyl sites for hydroxylation is 1. The average molecular weight is 194 g/mol. The third-order valence-electron chi connectivity index (χ3n) is 3.03. The van der Waals surface area contributed by atoms with E-state index in [1.165, 1.54) is 16.7 Å². The summed E-state index contributed by atoms with van der Waals surface area (Å²) in [5.41, 5.74) is 5.74. The van der Waals surface area contributed by atoms with Gasteiger partial charge in [-0.05, 0) is 16.7 Å². The van der Waals surface area contributed by atoms with Gasteiger partial charge < -0.3 is 4.57 Å². The first-order valence-electron chi connectivity index (χ1n) is 4.98. The van der Waals surface area contributed by atoms with Gasteiger partial charge in [-0.2, -0.15) is 5.26 Å². The van der Waals surface area contributed by atoms with Crippen LogP contribution in [0, 0.1) is 11.3 Å². The molecule has 0 bridgehead atoms. The molecule has 1 aliphatic carbocycles. The quantitative estimate of drug-likeness (QED) is 0.540. The minimum atomic E-state index is 0.773. The smallest absolute Gasteiger partial charge is 0.128 e. The van der Waals surface area contributed by atoms with E-state index in [-0.39, 0.29) is 0 Å². The van der Waals surface area contributed by atoms with Crippen molar-refractivity contribution in [2.24, 2.45) is 7.05 Å². The maximum atomic E-state index is 9.13. The zero-order chi connectivity index (χ0) is 10.4. The molecule has 0 unspecified atom stereocenters. The van der Waals surface area contributed by atoms with Crippen molar-refractivity contribution in [3.63, 3.8) is 0 Å². The van der Waals surface area contributed by atoms with Crippen LogP contribution < -0.4 is 0 Å². The first-order valence-corrected chi connectivity index (χ1v) is 4.98. The van der Waals surface area contributed by atoms with Crippen molar-refractivity contribution in [1.29, 1.82) is 5.26 Å². The molecule has 15 heavy (non-hydrogen) atoms. The lowest BCUT2D eigenvalue weighted by atomic mass is 10.1. The molecule has 3 rings (SSSR count). The zero-order valence-corrected chi connectivity index (χ0v) is 8.49. The summed E-state index contributed by atoms with van der Waals surface area (Å²) in [5, 5.41) is 9.13. The van der Waals surface area contributed by atoms with Crippen LogP contribution in [-0.2, 0) is 13.5 Å². The second-order valence-corrected chi connectivity index (χ2v) is 3.93. The first kappa shape index (κ1) is 8.31. The van der Waals surface area contributed by atoms with Crippen LogP contribution in [0.15, 0.2) is 30.5 Å². The lowest BCUT2D eigenvalue weighted by Gasteiger charge is -2.00. The Kier molecular flexibility index (Phi) is 1.52. The normalized spacial score (nSPS) is 12.0. The van der Waals surface area contributed by atoms with E-state index in [0.717, 1.165) is 17.7 Å². The zero-order valence-electron chi connectivity index (χ0n) is 8.49. The van der Waals surface area contributed by atoms with Crippen molar-refractivity contribution < 1.29 is 0 Å². The lowest BCUT2D eigenvalue weighted by Crippen LogP contribution is -1.91. The second kappa shape index (κ2) is 2.74. The topological polar surface area (TPSA) is 28.7 Å². The van der Waals surface area contributed by atoms with Crippen molar-refractivity contribution in [3.8, 4) is 17.2 Å². The molecule has 0 N–H and O–H groups in total. The van der Waals surface area contributed by atoms with Gasteiger partial charge in [-0.3, -0.25) is 0 Å². The molecule has 0 saturated carbocycles. The van der Waals surface area contributed by atoms with Crippen LogP contribution in [0.3, 0.4) is 0 Å². The Morgan fingerprint density at radius 2 is 2.07 bits per heavy atom. The summed E-state index contributed by atoms with van der Waals surface area (Å²) in [7, 11) is 1.93. The number of nitriles is 1. The van der Waals surface area contributed by atoms with Crippen molar-refractivity contribution in [2.75, 3.05) is 0 Å². The van der Waals surface area contributed by atoms with Gasteiger partial charge in [-0.15, -0.1) is 0 Å². The van der Waals surface area contributed by atoms with E-state index >= 15 is 0 Å². The fourth-order valence-corrected chi connectivity index (χ4v) is 2.38. The summed E-state index contributed by atoms with van der Waals surface area (Å²) in [4.78, 5) is 0. The molecule has 72 valence electrons. The first-order chi connectivity index (χ1) is 7.31. The summed E-state index contributed by atoms with van der Waals surface area (Å²) >= 11 is 0. The third-order valence-corrected chi connectivity index (χ3v) is 3.03. The summed E-state index contributed by atoms with van der Waals surface area (Å²) in [6.45, 7) is 0. The number of benzene rings is 1. The Bertz CT molecular complexity index is 585. The summed E-state index contributed by atoms with van der Waals surface area (Å²) in [6.07, 6.45) is 3.02. The molecular formula is C13H10N2. The standard InChI is InChI=1S/C13H10N2/c1-15-8-10-6-9-4-2-3-5-11(9)13(10)12(15)7-14/h2-5,8H,6H2,1H3. The molecule has 1 aliphatic rings. The molecule has 0 amide bonds. The number of fused-ring (bicyclic) bond motifs is 3. The Morgan fingerprint density at radius 1 is 1.27 bits per heavy atom. The van der Waals surface area contributed by atoms with Gasteiger partial charge in [0.25, 0.3) is 0 Å². The molecule has 1 heterocycles. The summed E-state index contributed by atoms with van der Waals surface area (Å²) in [5.74, 6) is 0. The molecule has 2 heteroatoms. The van der Waals surface area contributed by atoms with Crippen molar-refractivity contribution in [2.45, 2.75) is 6.42 Å². The van der Waals surface area contributed by atoms with Crippen LogP contribution in [0.5, 0.6) is 0 Å². The molecule has 0 aliphatic heterocycles. The number of rotatable bonds is 0. The Hall–Kier alpha value is -2.01. The van der Waals surface area contributed by atoms with Gasteiger partial charge in [0.15, 0.2) is 0 Å². The lowest BCUT2D eigenvalue weighted by molar-refractivity contribution is 0.902. The van der Waals surface area contributed by atoms with Crippen LogP contribution >= 0.6 is 0 Å². The van der Waals surface area contributed by atoms with Crippen LogP contribution in [-0.4, -0.2) is 4.57 Å². The van der Waals surface area contributed by atoms with Crippen LogP contribution in [0.4, 0.5) is 0 Å².